The largest absolute Gasteiger partial charge is 0.478 e. The lowest BCUT2D eigenvalue weighted by atomic mass is 10.1. The van der Waals surface area contributed by atoms with Crippen LogP contribution in [0.15, 0.2) is 24.3 Å². The molecule has 1 amide bonds. The lowest BCUT2D eigenvalue weighted by Crippen LogP contribution is -2.44. The smallest absolute Gasteiger partial charge is 0.335 e. The number of hydrogen-bond acceptors (Lipinski definition) is 4. The number of carboxylic acids is 1. The lowest BCUT2D eigenvalue weighted by molar-refractivity contribution is -0.122. The molecular weight excluding hydrogens is 272 g/mol. The van der Waals surface area contributed by atoms with Gasteiger partial charge in [-0.15, -0.1) is 0 Å². The van der Waals surface area contributed by atoms with Crippen molar-refractivity contribution < 1.29 is 19.4 Å². The molecule has 2 rings (SSSR count). The third-order valence-electron chi connectivity index (χ3n) is 3.34. The van der Waals surface area contributed by atoms with Gasteiger partial charge in [-0.2, -0.15) is 0 Å². The highest BCUT2D eigenvalue weighted by Crippen LogP contribution is 2.06. The second-order valence-corrected chi connectivity index (χ2v) is 5.04. The minimum Gasteiger partial charge on any atom is -0.478 e. The van der Waals surface area contributed by atoms with Crippen LogP contribution in [-0.2, 0) is 16.0 Å². The van der Waals surface area contributed by atoms with Crippen LogP contribution in [0.4, 0.5) is 0 Å². The summed E-state index contributed by atoms with van der Waals surface area (Å²) in [7, 11) is 0. The van der Waals surface area contributed by atoms with Crippen LogP contribution in [0.3, 0.4) is 0 Å². The van der Waals surface area contributed by atoms with Gasteiger partial charge in [0, 0.05) is 25.6 Å². The molecule has 1 aliphatic rings. The van der Waals surface area contributed by atoms with E-state index in [2.05, 4.69) is 10.6 Å². The van der Waals surface area contributed by atoms with Gasteiger partial charge in [0.05, 0.1) is 18.8 Å². The Hall–Kier alpha value is -1.92. The summed E-state index contributed by atoms with van der Waals surface area (Å²) in [5, 5.41) is 15.0. The van der Waals surface area contributed by atoms with Crippen LogP contribution in [-0.4, -0.2) is 49.3 Å². The molecule has 1 aromatic carbocycles. The van der Waals surface area contributed by atoms with Crippen molar-refractivity contribution in [3.63, 3.8) is 0 Å². The van der Waals surface area contributed by atoms with Gasteiger partial charge in [0.1, 0.15) is 0 Å². The highest BCUT2D eigenvalue weighted by Gasteiger charge is 2.16. The standard InChI is InChI=1S/C15H20N2O4/c18-14(9-13-10-21-7-6-16-13)17-5-4-11-2-1-3-12(8-11)15(19)20/h1-3,8,13,16H,4-7,9-10H2,(H,17,18)(H,19,20). The summed E-state index contributed by atoms with van der Waals surface area (Å²) in [4.78, 5) is 22.6. The second-order valence-electron chi connectivity index (χ2n) is 5.04. The Kier molecular flexibility index (Phi) is 5.71. The Morgan fingerprint density at radius 2 is 2.29 bits per heavy atom. The monoisotopic (exact) mass is 292 g/mol. The van der Waals surface area contributed by atoms with Gasteiger partial charge >= 0.3 is 5.97 Å². The van der Waals surface area contributed by atoms with Gasteiger partial charge in [-0.25, -0.2) is 4.79 Å². The fourth-order valence-electron chi connectivity index (χ4n) is 2.25. The third-order valence-corrected chi connectivity index (χ3v) is 3.34. The molecule has 1 unspecified atom stereocenters. The van der Waals surface area contributed by atoms with Crippen molar-refractivity contribution in [3.8, 4) is 0 Å². The molecule has 1 aliphatic heterocycles. The molecule has 6 heteroatoms. The van der Waals surface area contributed by atoms with E-state index in [0.29, 0.717) is 32.6 Å². The third kappa shape index (κ3) is 5.17. The van der Waals surface area contributed by atoms with E-state index in [1.165, 1.54) is 0 Å². The van der Waals surface area contributed by atoms with Crippen molar-refractivity contribution in [2.45, 2.75) is 18.9 Å². The van der Waals surface area contributed by atoms with Gasteiger partial charge < -0.3 is 20.5 Å². The number of carboxylic acid groups (broad SMARTS) is 1. The summed E-state index contributed by atoms with van der Waals surface area (Å²) in [6.45, 7) is 2.53. The summed E-state index contributed by atoms with van der Waals surface area (Å²) in [6.07, 6.45) is 1.01. The number of morpholine rings is 1. The number of nitrogens with one attached hydrogen (secondary N) is 2. The Bertz CT molecular complexity index is 498. The number of carbonyl (C=O) groups is 2. The van der Waals surface area contributed by atoms with Crippen LogP contribution in [0.2, 0.25) is 0 Å². The van der Waals surface area contributed by atoms with Crippen LogP contribution in [0.5, 0.6) is 0 Å². The van der Waals surface area contributed by atoms with Crippen molar-refractivity contribution in [2.75, 3.05) is 26.3 Å². The van der Waals surface area contributed by atoms with E-state index in [0.717, 1.165) is 12.1 Å². The molecule has 114 valence electrons. The quantitative estimate of drug-likeness (QED) is 0.707. The Morgan fingerprint density at radius 3 is 3.00 bits per heavy atom. The van der Waals surface area contributed by atoms with Crippen molar-refractivity contribution in [2.24, 2.45) is 0 Å². The zero-order valence-electron chi connectivity index (χ0n) is 11.8. The first-order valence-corrected chi connectivity index (χ1v) is 7.05. The summed E-state index contributed by atoms with van der Waals surface area (Å²) < 4.78 is 5.29. The molecule has 0 aliphatic carbocycles. The predicted molar refractivity (Wildman–Crippen MR) is 77.3 cm³/mol. The Labute approximate surface area is 123 Å². The Balaban J connectivity index is 1.72. The first-order chi connectivity index (χ1) is 10.1. The average molecular weight is 292 g/mol. The Morgan fingerprint density at radius 1 is 1.43 bits per heavy atom. The highest BCUT2D eigenvalue weighted by atomic mass is 16.5. The normalized spacial score (nSPS) is 18.2. The molecule has 1 aromatic rings. The SMILES string of the molecule is O=C(CC1COCCN1)NCCc1cccc(C(=O)O)c1. The number of ether oxygens (including phenoxy) is 1. The number of carbonyl (C=O) groups excluding carboxylic acids is 1. The topological polar surface area (TPSA) is 87.7 Å². The van der Waals surface area contributed by atoms with E-state index in [4.69, 9.17) is 9.84 Å². The van der Waals surface area contributed by atoms with E-state index >= 15 is 0 Å². The number of aromatic carboxylic acids is 1. The summed E-state index contributed by atoms with van der Waals surface area (Å²) in [6, 6.07) is 6.83. The summed E-state index contributed by atoms with van der Waals surface area (Å²) in [5.41, 5.74) is 1.16. The first kappa shape index (κ1) is 15.5. The van der Waals surface area contributed by atoms with Crippen molar-refractivity contribution >= 4 is 11.9 Å². The van der Waals surface area contributed by atoms with Gasteiger partial charge in [-0.05, 0) is 24.1 Å². The highest BCUT2D eigenvalue weighted by molar-refractivity contribution is 5.87. The molecule has 1 heterocycles. The molecular formula is C15H20N2O4. The first-order valence-electron chi connectivity index (χ1n) is 7.05. The summed E-state index contributed by atoms with van der Waals surface area (Å²) in [5.74, 6) is -0.961. The number of benzene rings is 1. The maximum Gasteiger partial charge on any atom is 0.335 e. The van der Waals surface area contributed by atoms with E-state index in [1.807, 2.05) is 6.07 Å². The zero-order chi connectivity index (χ0) is 15.1. The van der Waals surface area contributed by atoms with Gasteiger partial charge in [-0.1, -0.05) is 12.1 Å². The molecule has 21 heavy (non-hydrogen) atoms. The molecule has 0 aromatic heterocycles. The molecule has 0 radical (unpaired) electrons. The van der Waals surface area contributed by atoms with Crippen molar-refractivity contribution in [1.82, 2.24) is 10.6 Å². The minimum atomic E-state index is -0.941. The zero-order valence-corrected chi connectivity index (χ0v) is 11.8. The molecule has 0 bridgehead atoms. The minimum absolute atomic E-state index is 0.0209. The fourth-order valence-corrected chi connectivity index (χ4v) is 2.25. The van der Waals surface area contributed by atoms with Gasteiger partial charge in [0.2, 0.25) is 5.91 Å². The van der Waals surface area contributed by atoms with E-state index in [-0.39, 0.29) is 17.5 Å². The van der Waals surface area contributed by atoms with Gasteiger partial charge in [0.25, 0.3) is 0 Å². The molecule has 0 spiro atoms. The number of amides is 1. The second kappa shape index (κ2) is 7.75. The van der Waals surface area contributed by atoms with Crippen LogP contribution in [0.25, 0.3) is 0 Å². The predicted octanol–water partition coefficient (Wildman–Crippen LogP) is 0.422. The van der Waals surface area contributed by atoms with Gasteiger partial charge in [0.15, 0.2) is 0 Å². The van der Waals surface area contributed by atoms with Crippen molar-refractivity contribution in [3.05, 3.63) is 35.4 Å². The molecule has 0 saturated carbocycles. The van der Waals surface area contributed by atoms with Crippen LogP contribution >= 0.6 is 0 Å². The maximum absolute atomic E-state index is 11.8. The lowest BCUT2D eigenvalue weighted by Gasteiger charge is -2.23. The molecule has 1 saturated heterocycles. The van der Waals surface area contributed by atoms with E-state index in [9.17, 15) is 9.59 Å². The van der Waals surface area contributed by atoms with Crippen LogP contribution in [0.1, 0.15) is 22.3 Å². The van der Waals surface area contributed by atoms with Crippen LogP contribution in [0, 0.1) is 0 Å². The fraction of sp³-hybridized carbons (Fsp3) is 0.467. The van der Waals surface area contributed by atoms with Crippen LogP contribution < -0.4 is 10.6 Å². The van der Waals surface area contributed by atoms with Gasteiger partial charge in [-0.3, -0.25) is 4.79 Å². The molecule has 1 atom stereocenters. The average Bonchev–Trinajstić information content (AvgIpc) is 2.48. The van der Waals surface area contributed by atoms with E-state index < -0.39 is 5.97 Å². The van der Waals surface area contributed by atoms with Crippen molar-refractivity contribution in [1.29, 1.82) is 0 Å². The molecule has 3 N–H and O–H groups in total. The number of hydrogen-bond donors (Lipinski definition) is 3. The molecule has 1 fully saturated rings. The van der Waals surface area contributed by atoms with E-state index in [1.54, 1.807) is 18.2 Å². The maximum atomic E-state index is 11.8. The number of rotatable bonds is 6. The summed E-state index contributed by atoms with van der Waals surface area (Å²) >= 11 is 0. The molecule has 6 nitrogen and oxygen atoms in total.